The third-order valence-electron chi connectivity index (χ3n) is 3.05. The van der Waals surface area contributed by atoms with Crippen molar-refractivity contribution in [2.45, 2.75) is 12.8 Å². The van der Waals surface area contributed by atoms with E-state index in [1.807, 2.05) is 12.1 Å². The number of nitrogens with zero attached hydrogens (tertiary/aromatic N) is 3. The molecule has 0 aliphatic carbocycles. The molecule has 6 heteroatoms. The topological polar surface area (TPSA) is 94.2 Å². The van der Waals surface area contributed by atoms with E-state index in [0.29, 0.717) is 18.7 Å². The minimum atomic E-state index is -0.421. The van der Waals surface area contributed by atoms with Crippen LogP contribution in [0.1, 0.15) is 28.8 Å². The van der Waals surface area contributed by atoms with Crippen molar-refractivity contribution in [1.82, 2.24) is 4.90 Å². The van der Waals surface area contributed by atoms with Crippen LogP contribution in [0.15, 0.2) is 30.3 Å². The van der Waals surface area contributed by atoms with Crippen LogP contribution in [-0.2, 0) is 9.53 Å². The monoisotopic (exact) mass is 311 g/mol. The molecule has 0 aromatic heterocycles. The molecule has 1 rings (SSSR count). The number of rotatable bonds is 7. The molecule has 0 unspecified atom stereocenters. The number of amides is 1. The molecule has 0 radical (unpaired) electrons. The number of hydrogen-bond donors (Lipinski definition) is 0. The van der Waals surface area contributed by atoms with E-state index in [-0.39, 0.29) is 18.7 Å². The molecular formula is C17H17N3O3. The van der Waals surface area contributed by atoms with E-state index < -0.39 is 5.97 Å². The Labute approximate surface area is 135 Å². The van der Waals surface area contributed by atoms with Crippen LogP contribution < -0.4 is 0 Å². The van der Waals surface area contributed by atoms with Gasteiger partial charge in [-0.3, -0.25) is 4.79 Å². The Bertz CT molecular complexity index is 633. The Kier molecular flexibility index (Phi) is 7.60. The molecule has 0 aliphatic heterocycles. The fraction of sp³-hybridized carbons (Fsp3) is 0.294. The Hall–Kier alpha value is -3.12. The van der Waals surface area contributed by atoms with Crippen LogP contribution in [-0.4, -0.2) is 37.0 Å². The van der Waals surface area contributed by atoms with Crippen LogP contribution in [0, 0.1) is 22.7 Å². The normalized spacial score (nSPS) is 9.87. The molecule has 0 aliphatic rings. The van der Waals surface area contributed by atoms with E-state index in [4.69, 9.17) is 10.5 Å². The Morgan fingerprint density at radius 1 is 1.13 bits per heavy atom. The highest BCUT2D eigenvalue weighted by Crippen LogP contribution is 2.08. The zero-order valence-corrected chi connectivity index (χ0v) is 12.9. The molecule has 0 saturated heterocycles. The fourth-order valence-electron chi connectivity index (χ4n) is 1.82. The summed E-state index contributed by atoms with van der Waals surface area (Å²) in [6.07, 6.45) is 3.45. The summed E-state index contributed by atoms with van der Waals surface area (Å²) >= 11 is 0. The van der Waals surface area contributed by atoms with Crippen molar-refractivity contribution in [2.75, 3.05) is 20.2 Å². The molecule has 0 bridgehead atoms. The first-order valence-electron chi connectivity index (χ1n) is 7.01. The van der Waals surface area contributed by atoms with Crippen molar-refractivity contribution < 1.29 is 14.3 Å². The summed E-state index contributed by atoms with van der Waals surface area (Å²) < 4.78 is 4.61. The highest BCUT2D eigenvalue weighted by atomic mass is 16.5. The van der Waals surface area contributed by atoms with Gasteiger partial charge in [-0.2, -0.15) is 10.5 Å². The van der Waals surface area contributed by atoms with E-state index in [2.05, 4.69) is 4.74 Å². The highest BCUT2D eigenvalue weighted by molar-refractivity contribution is 5.92. The minimum Gasteiger partial charge on any atom is -0.465 e. The third kappa shape index (κ3) is 6.03. The summed E-state index contributed by atoms with van der Waals surface area (Å²) in [6, 6.07) is 10.6. The van der Waals surface area contributed by atoms with Crippen molar-refractivity contribution >= 4 is 18.0 Å². The van der Waals surface area contributed by atoms with Gasteiger partial charge in [-0.25, -0.2) is 4.79 Å². The Morgan fingerprint density at radius 3 is 2.17 bits per heavy atom. The van der Waals surface area contributed by atoms with E-state index in [9.17, 15) is 9.59 Å². The number of nitriles is 2. The second-order valence-electron chi connectivity index (χ2n) is 4.59. The van der Waals surface area contributed by atoms with Gasteiger partial charge in [0.15, 0.2) is 0 Å². The Morgan fingerprint density at radius 2 is 1.70 bits per heavy atom. The fourth-order valence-corrected chi connectivity index (χ4v) is 1.82. The van der Waals surface area contributed by atoms with Crippen molar-refractivity contribution in [1.29, 1.82) is 10.5 Å². The number of methoxy groups -OCH3 is 1. The van der Waals surface area contributed by atoms with Crippen LogP contribution >= 0.6 is 0 Å². The predicted molar refractivity (Wildman–Crippen MR) is 83.9 cm³/mol. The molecule has 1 aromatic carbocycles. The van der Waals surface area contributed by atoms with E-state index in [1.165, 1.54) is 18.1 Å². The number of esters is 1. The molecule has 0 saturated carbocycles. The van der Waals surface area contributed by atoms with E-state index in [1.54, 1.807) is 30.3 Å². The van der Waals surface area contributed by atoms with Gasteiger partial charge in [0.05, 0.1) is 37.7 Å². The lowest BCUT2D eigenvalue weighted by molar-refractivity contribution is -0.125. The molecule has 0 N–H and O–H groups in total. The Balaban J connectivity index is 2.73. The number of carbonyl (C=O) groups excluding carboxylic acids is 2. The molecule has 6 nitrogen and oxygen atoms in total. The quantitative estimate of drug-likeness (QED) is 0.568. The maximum Gasteiger partial charge on any atom is 0.337 e. The number of carbonyl (C=O) groups is 2. The molecule has 118 valence electrons. The summed E-state index contributed by atoms with van der Waals surface area (Å²) in [6.45, 7) is 0.589. The first-order valence-corrected chi connectivity index (χ1v) is 7.01. The largest absolute Gasteiger partial charge is 0.465 e. The first kappa shape index (κ1) is 17.9. The molecule has 0 atom stereocenters. The van der Waals surface area contributed by atoms with Crippen molar-refractivity contribution in [2.24, 2.45) is 0 Å². The molecule has 1 aromatic rings. The summed E-state index contributed by atoms with van der Waals surface area (Å²) in [7, 11) is 1.31. The van der Waals surface area contributed by atoms with Gasteiger partial charge in [-0.15, -0.1) is 0 Å². The number of hydrogen-bond acceptors (Lipinski definition) is 5. The van der Waals surface area contributed by atoms with Gasteiger partial charge in [0, 0.05) is 19.2 Å². The van der Waals surface area contributed by atoms with Gasteiger partial charge < -0.3 is 9.64 Å². The molecule has 23 heavy (non-hydrogen) atoms. The lowest BCUT2D eigenvalue weighted by Crippen LogP contribution is -2.31. The highest BCUT2D eigenvalue weighted by Gasteiger charge is 2.09. The summed E-state index contributed by atoms with van der Waals surface area (Å²) in [4.78, 5) is 24.9. The average molecular weight is 311 g/mol. The first-order chi connectivity index (χ1) is 11.1. The van der Waals surface area contributed by atoms with Crippen molar-refractivity contribution in [3.05, 3.63) is 41.5 Å². The van der Waals surface area contributed by atoms with Crippen LogP contribution in [0.25, 0.3) is 6.08 Å². The second-order valence-corrected chi connectivity index (χ2v) is 4.59. The van der Waals surface area contributed by atoms with Crippen LogP contribution in [0.4, 0.5) is 0 Å². The maximum absolute atomic E-state index is 12.1. The smallest absolute Gasteiger partial charge is 0.337 e. The predicted octanol–water partition coefficient (Wildman–Crippen LogP) is 2.14. The minimum absolute atomic E-state index is 0.221. The molecular weight excluding hydrogens is 294 g/mol. The van der Waals surface area contributed by atoms with E-state index in [0.717, 1.165) is 5.56 Å². The van der Waals surface area contributed by atoms with Crippen LogP contribution in [0.5, 0.6) is 0 Å². The second kappa shape index (κ2) is 9.75. The van der Waals surface area contributed by atoms with Crippen molar-refractivity contribution in [3.8, 4) is 12.1 Å². The molecule has 0 heterocycles. The lowest BCUT2D eigenvalue weighted by Gasteiger charge is -2.18. The molecule has 0 fully saturated rings. The third-order valence-corrected chi connectivity index (χ3v) is 3.05. The zero-order valence-electron chi connectivity index (χ0n) is 12.9. The van der Waals surface area contributed by atoms with Gasteiger partial charge in [0.25, 0.3) is 0 Å². The average Bonchev–Trinajstić information content (AvgIpc) is 2.59. The van der Waals surface area contributed by atoms with Crippen LogP contribution in [0.2, 0.25) is 0 Å². The van der Waals surface area contributed by atoms with Crippen molar-refractivity contribution in [3.63, 3.8) is 0 Å². The standard InChI is InChI=1S/C17H17N3O3/c1-23-17(22)15-7-4-14(5-8-15)6-9-16(21)20(12-2-10-18)13-3-11-19/h4-9H,2-3,12-13H2,1H3/b9-6+. The molecule has 0 spiro atoms. The number of benzene rings is 1. The zero-order chi connectivity index (χ0) is 17.1. The van der Waals surface area contributed by atoms with Gasteiger partial charge >= 0.3 is 5.97 Å². The van der Waals surface area contributed by atoms with Crippen LogP contribution in [0.3, 0.4) is 0 Å². The summed E-state index contributed by atoms with van der Waals surface area (Å²) in [5, 5.41) is 17.2. The summed E-state index contributed by atoms with van der Waals surface area (Å²) in [5.74, 6) is -0.677. The maximum atomic E-state index is 12.1. The van der Waals surface area contributed by atoms with Gasteiger partial charge in [0.2, 0.25) is 5.91 Å². The molecule has 1 amide bonds. The van der Waals surface area contributed by atoms with Gasteiger partial charge in [0.1, 0.15) is 0 Å². The van der Waals surface area contributed by atoms with Gasteiger partial charge in [-0.1, -0.05) is 12.1 Å². The summed E-state index contributed by atoms with van der Waals surface area (Å²) in [5.41, 5.74) is 1.19. The van der Waals surface area contributed by atoms with E-state index >= 15 is 0 Å². The SMILES string of the molecule is COC(=O)c1ccc(/C=C/C(=O)N(CCC#N)CCC#N)cc1. The lowest BCUT2D eigenvalue weighted by atomic mass is 10.1. The van der Waals surface area contributed by atoms with Gasteiger partial charge in [-0.05, 0) is 23.8 Å². The number of ether oxygens (including phenoxy) is 1.